The van der Waals surface area contributed by atoms with E-state index in [-0.39, 0.29) is 17.6 Å². The van der Waals surface area contributed by atoms with E-state index in [0.717, 1.165) is 4.47 Å². The molecule has 0 radical (unpaired) electrons. The van der Waals surface area contributed by atoms with E-state index >= 15 is 0 Å². The van der Waals surface area contributed by atoms with Crippen molar-refractivity contribution in [1.82, 2.24) is 4.90 Å². The van der Waals surface area contributed by atoms with Crippen LogP contribution in [0, 0.1) is 5.82 Å². The van der Waals surface area contributed by atoms with Gasteiger partial charge in [0.05, 0.1) is 0 Å². The van der Waals surface area contributed by atoms with Crippen molar-refractivity contribution in [2.45, 2.75) is 13.0 Å². The summed E-state index contributed by atoms with van der Waals surface area (Å²) in [6.45, 7) is 2.53. The van der Waals surface area contributed by atoms with E-state index in [9.17, 15) is 14.0 Å². The van der Waals surface area contributed by atoms with Crippen molar-refractivity contribution < 1.29 is 14.0 Å². The molecule has 0 aromatic heterocycles. The van der Waals surface area contributed by atoms with Crippen molar-refractivity contribution in [2.75, 3.05) is 18.0 Å². The van der Waals surface area contributed by atoms with E-state index in [2.05, 4.69) is 15.9 Å². The minimum absolute atomic E-state index is 0.165. The topological polar surface area (TPSA) is 40.6 Å². The molecular formula is C18H16BrFN2O2. The van der Waals surface area contributed by atoms with E-state index < -0.39 is 6.04 Å². The lowest BCUT2D eigenvalue weighted by atomic mass is 10.1. The summed E-state index contributed by atoms with van der Waals surface area (Å²) in [4.78, 5) is 28.5. The van der Waals surface area contributed by atoms with Gasteiger partial charge in [0.1, 0.15) is 11.9 Å². The lowest BCUT2D eigenvalue weighted by molar-refractivity contribution is -0.124. The zero-order valence-electron chi connectivity index (χ0n) is 13.1. The normalized spacial score (nSPS) is 18.0. The van der Waals surface area contributed by atoms with E-state index in [4.69, 9.17) is 0 Å². The average molecular weight is 391 g/mol. The number of halogens is 2. The summed E-state index contributed by atoms with van der Waals surface area (Å²) in [6, 6.07) is 12.3. The molecule has 0 N–H and O–H groups in total. The van der Waals surface area contributed by atoms with Crippen molar-refractivity contribution in [1.29, 1.82) is 0 Å². The number of rotatable bonds is 2. The molecule has 1 aliphatic rings. The monoisotopic (exact) mass is 390 g/mol. The van der Waals surface area contributed by atoms with Gasteiger partial charge in [-0.05, 0) is 55.5 Å². The largest absolute Gasteiger partial charge is 0.325 e. The van der Waals surface area contributed by atoms with Crippen molar-refractivity contribution in [3.63, 3.8) is 0 Å². The van der Waals surface area contributed by atoms with Gasteiger partial charge in [-0.25, -0.2) is 4.39 Å². The molecule has 24 heavy (non-hydrogen) atoms. The number of hydrogen-bond donors (Lipinski definition) is 0. The van der Waals surface area contributed by atoms with Gasteiger partial charge in [0.15, 0.2) is 0 Å². The second-order valence-corrected chi connectivity index (χ2v) is 6.56. The Balaban J connectivity index is 1.78. The number of carbonyl (C=O) groups excluding carboxylic acids is 2. The highest BCUT2D eigenvalue weighted by atomic mass is 79.9. The van der Waals surface area contributed by atoms with Crippen molar-refractivity contribution in [2.24, 2.45) is 0 Å². The fourth-order valence-electron chi connectivity index (χ4n) is 2.78. The first-order valence-corrected chi connectivity index (χ1v) is 8.40. The second-order valence-electron chi connectivity index (χ2n) is 5.65. The quantitative estimate of drug-likeness (QED) is 0.787. The summed E-state index contributed by atoms with van der Waals surface area (Å²) in [5, 5.41) is 0. The first-order valence-electron chi connectivity index (χ1n) is 7.61. The predicted octanol–water partition coefficient (Wildman–Crippen LogP) is 3.47. The predicted molar refractivity (Wildman–Crippen MR) is 93.4 cm³/mol. The van der Waals surface area contributed by atoms with E-state index in [1.807, 2.05) is 0 Å². The van der Waals surface area contributed by atoms with Gasteiger partial charge in [0.2, 0.25) is 5.91 Å². The minimum Gasteiger partial charge on any atom is -0.325 e. The molecule has 1 fully saturated rings. The molecule has 0 spiro atoms. The highest BCUT2D eigenvalue weighted by Gasteiger charge is 2.35. The highest BCUT2D eigenvalue weighted by Crippen LogP contribution is 2.22. The summed E-state index contributed by atoms with van der Waals surface area (Å²) in [5.74, 6) is -0.677. The van der Waals surface area contributed by atoms with Gasteiger partial charge in [-0.1, -0.05) is 15.9 Å². The van der Waals surface area contributed by atoms with E-state index in [1.165, 1.54) is 12.1 Å². The number of amides is 2. The van der Waals surface area contributed by atoms with Crippen LogP contribution in [0.2, 0.25) is 0 Å². The Morgan fingerprint density at radius 2 is 1.71 bits per heavy atom. The first-order chi connectivity index (χ1) is 11.5. The third kappa shape index (κ3) is 3.19. The standard InChI is InChI=1S/C18H16BrFN2O2/c1-12-17(23)22(16-8-6-15(20)7-9-16)11-10-21(12)18(24)13-2-4-14(19)5-3-13/h2-9,12H,10-11H2,1H3. The molecule has 4 nitrogen and oxygen atoms in total. The lowest BCUT2D eigenvalue weighted by Gasteiger charge is -2.39. The summed E-state index contributed by atoms with van der Waals surface area (Å²) in [6.07, 6.45) is 0. The van der Waals surface area contributed by atoms with Crippen LogP contribution < -0.4 is 4.90 Å². The molecule has 6 heteroatoms. The van der Waals surface area contributed by atoms with Gasteiger partial charge in [-0.2, -0.15) is 0 Å². The summed E-state index contributed by atoms with van der Waals surface area (Å²) in [5.41, 5.74) is 1.19. The van der Waals surface area contributed by atoms with Crippen molar-refractivity contribution in [3.05, 3.63) is 64.4 Å². The highest BCUT2D eigenvalue weighted by molar-refractivity contribution is 9.10. The molecule has 1 saturated heterocycles. The number of hydrogen-bond acceptors (Lipinski definition) is 2. The lowest BCUT2D eigenvalue weighted by Crippen LogP contribution is -2.57. The molecule has 1 atom stereocenters. The second kappa shape index (κ2) is 6.73. The van der Waals surface area contributed by atoms with Crippen LogP contribution >= 0.6 is 15.9 Å². The Morgan fingerprint density at radius 3 is 2.33 bits per heavy atom. The summed E-state index contributed by atoms with van der Waals surface area (Å²) < 4.78 is 13.9. The molecule has 0 bridgehead atoms. The number of nitrogens with zero attached hydrogens (tertiary/aromatic N) is 2. The van der Waals surface area contributed by atoms with Crippen LogP contribution in [0.5, 0.6) is 0 Å². The van der Waals surface area contributed by atoms with Crippen molar-refractivity contribution in [3.8, 4) is 0 Å². The molecule has 1 unspecified atom stereocenters. The molecule has 2 amide bonds. The zero-order chi connectivity index (χ0) is 17.3. The molecule has 0 saturated carbocycles. The van der Waals surface area contributed by atoms with Gasteiger partial charge in [0.25, 0.3) is 5.91 Å². The molecule has 1 aliphatic heterocycles. The average Bonchev–Trinajstić information content (AvgIpc) is 2.58. The molecule has 2 aromatic carbocycles. The Hall–Kier alpha value is -2.21. The molecule has 1 heterocycles. The maximum Gasteiger partial charge on any atom is 0.254 e. The Bertz CT molecular complexity index is 762. The van der Waals surface area contributed by atoms with Gasteiger partial charge in [-0.15, -0.1) is 0 Å². The van der Waals surface area contributed by atoms with Gasteiger partial charge >= 0.3 is 0 Å². The zero-order valence-corrected chi connectivity index (χ0v) is 14.7. The fraction of sp³-hybridized carbons (Fsp3) is 0.222. The third-order valence-corrected chi connectivity index (χ3v) is 4.67. The Labute approximate surface area is 148 Å². The van der Waals surface area contributed by atoms with Crippen LogP contribution in [0.3, 0.4) is 0 Å². The van der Waals surface area contributed by atoms with Gasteiger partial charge in [-0.3, -0.25) is 9.59 Å². The van der Waals surface area contributed by atoms with Crippen molar-refractivity contribution >= 4 is 33.4 Å². The number of anilines is 1. The van der Waals surface area contributed by atoms with Crippen LogP contribution in [0.25, 0.3) is 0 Å². The van der Waals surface area contributed by atoms with E-state index in [0.29, 0.717) is 24.3 Å². The maximum absolute atomic E-state index is 13.1. The minimum atomic E-state index is -0.569. The van der Waals surface area contributed by atoms with Crippen LogP contribution in [-0.4, -0.2) is 35.8 Å². The summed E-state index contributed by atoms with van der Waals surface area (Å²) >= 11 is 3.34. The fourth-order valence-corrected chi connectivity index (χ4v) is 3.05. The van der Waals surface area contributed by atoms with Crippen LogP contribution in [0.15, 0.2) is 53.0 Å². The SMILES string of the molecule is CC1C(=O)N(c2ccc(F)cc2)CCN1C(=O)c1ccc(Br)cc1. The smallest absolute Gasteiger partial charge is 0.254 e. The van der Waals surface area contributed by atoms with Gasteiger partial charge in [0, 0.05) is 28.8 Å². The number of benzene rings is 2. The first kappa shape index (κ1) is 16.6. The number of piperazine rings is 1. The van der Waals surface area contributed by atoms with Gasteiger partial charge < -0.3 is 9.80 Å². The van der Waals surface area contributed by atoms with Crippen LogP contribution in [0.1, 0.15) is 17.3 Å². The molecule has 3 rings (SSSR count). The molecule has 124 valence electrons. The Kier molecular flexibility index (Phi) is 4.66. The molecular weight excluding hydrogens is 375 g/mol. The summed E-state index contributed by atoms with van der Waals surface area (Å²) in [7, 11) is 0. The maximum atomic E-state index is 13.1. The van der Waals surface area contributed by atoms with Crippen LogP contribution in [0.4, 0.5) is 10.1 Å². The van der Waals surface area contributed by atoms with E-state index in [1.54, 1.807) is 53.1 Å². The molecule has 0 aliphatic carbocycles. The molecule has 2 aromatic rings. The number of carbonyl (C=O) groups is 2. The third-order valence-electron chi connectivity index (χ3n) is 4.15. The van der Waals surface area contributed by atoms with Crippen LogP contribution in [-0.2, 0) is 4.79 Å². The Morgan fingerprint density at radius 1 is 1.08 bits per heavy atom.